The predicted octanol–water partition coefficient (Wildman–Crippen LogP) is 3.21. The zero-order chi connectivity index (χ0) is 26.7. The third-order valence-electron chi connectivity index (χ3n) is 6.50. The number of carbonyl (C=O) groups excluding carboxylic acids is 1. The predicted molar refractivity (Wildman–Crippen MR) is 145 cm³/mol. The molecular formula is C28H33N3O5Si. The number of rotatable bonds is 8. The third kappa shape index (κ3) is 5.35. The Balaban J connectivity index is 1.65. The molecule has 0 spiro atoms. The lowest BCUT2D eigenvalue weighted by Gasteiger charge is -2.44. The molecule has 0 unspecified atom stereocenters. The zero-order valence-corrected chi connectivity index (χ0v) is 22.8. The highest BCUT2D eigenvalue weighted by atomic mass is 28.4. The Morgan fingerprint density at radius 2 is 1.68 bits per heavy atom. The minimum atomic E-state index is -2.83. The first-order valence-electron chi connectivity index (χ1n) is 12.1. The van der Waals surface area contributed by atoms with E-state index in [0.717, 1.165) is 10.4 Å². The van der Waals surface area contributed by atoms with Crippen molar-refractivity contribution in [2.75, 3.05) is 19.0 Å². The fourth-order valence-electron chi connectivity index (χ4n) is 4.75. The van der Waals surface area contributed by atoms with Crippen molar-refractivity contribution in [2.24, 2.45) is 0 Å². The van der Waals surface area contributed by atoms with Gasteiger partial charge in [0, 0.05) is 20.2 Å². The van der Waals surface area contributed by atoms with Gasteiger partial charge in [0.25, 0.3) is 8.32 Å². The molecule has 2 atom stereocenters. The normalized spacial score (nSPS) is 19.6. The summed E-state index contributed by atoms with van der Waals surface area (Å²) in [5.41, 5.74) is -0.555. The van der Waals surface area contributed by atoms with Crippen LogP contribution in [0.3, 0.4) is 0 Å². The number of hydrogen-bond donors (Lipinski definition) is 1. The molecule has 2 heterocycles. The van der Waals surface area contributed by atoms with E-state index in [4.69, 9.17) is 13.9 Å². The van der Waals surface area contributed by atoms with Crippen molar-refractivity contribution in [1.29, 1.82) is 0 Å². The first-order chi connectivity index (χ1) is 17.6. The van der Waals surface area contributed by atoms with Gasteiger partial charge in [0.2, 0.25) is 11.7 Å². The number of amides is 1. The van der Waals surface area contributed by atoms with Gasteiger partial charge in [0.1, 0.15) is 5.82 Å². The average molecular weight is 520 g/mol. The van der Waals surface area contributed by atoms with E-state index in [1.807, 2.05) is 36.4 Å². The summed E-state index contributed by atoms with van der Waals surface area (Å²) in [7, 11) is -1.27. The van der Waals surface area contributed by atoms with Crippen molar-refractivity contribution in [3.05, 3.63) is 95.6 Å². The number of carbonyl (C=O) groups is 1. The highest BCUT2D eigenvalue weighted by molar-refractivity contribution is 6.99. The molecule has 0 fully saturated rings. The molecule has 1 aromatic heterocycles. The molecular weight excluding hydrogens is 486 g/mol. The lowest BCUT2D eigenvalue weighted by Crippen LogP contribution is -2.67. The first kappa shape index (κ1) is 26.7. The molecule has 2 aromatic carbocycles. The second-order valence-electron chi connectivity index (χ2n) is 10.0. The van der Waals surface area contributed by atoms with Crippen LogP contribution in [0.25, 0.3) is 0 Å². The highest BCUT2D eigenvalue weighted by Crippen LogP contribution is 2.39. The third-order valence-corrected chi connectivity index (χ3v) is 11.5. The molecule has 1 aliphatic rings. The van der Waals surface area contributed by atoms with E-state index < -0.39 is 26.0 Å². The van der Waals surface area contributed by atoms with Gasteiger partial charge in [-0.1, -0.05) is 81.4 Å². The summed E-state index contributed by atoms with van der Waals surface area (Å²) in [6.45, 7) is 8.09. The van der Waals surface area contributed by atoms with Crippen LogP contribution >= 0.6 is 0 Å². The van der Waals surface area contributed by atoms with Crippen LogP contribution in [0.1, 0.15) is 33.9 Å². The zero-order valence-electron chi connectivity index (χ0n) is 21.8. The van der Waals surface area contributed by atoms with Crippen LogP contribution in [-0.2, 0) is 18.7 Å². The molecule has 1 amide bonds. The van der Waals surface area contributed by atoms with E-state index >= 15 is 0 Å². The molecule has 1 aliphatic heterocycles. The van der Waals surface area contributed by atoms with Crippen molar-refractivity contribution in [3.8, 4) is 0 Å². The van der Waals surface area contributed by atoms with Crippen molar-refractivity contribution < 1.29 is 18.7 Å². The second-order valence-corrected chi connectivity index (χ2v) is 14.3. The summed E-state index contributed by atoms with van der Waals surface area (Å²) in [6.07, 6.45) is 4.32. The number of ether oxygens (including phenoxy) is 2. The van der Waals surface area contributed by atoms with Crippen LogP contribution in [0.15, 0.2) is 89.9 Å². The summed E-state index contributed by atoms with van der Waals surface area (Å²) >= 11 is 0. The molecule has 0 radical (unpaired) electrons. The molecule has 0 bridgehead atoms. The Bertz CT molecular complexity index is 1280. The standard InChI is InChI=1S/C28H33N3O5Si/c1-21(32)29-24-17-19-31(26(33)30-24)25-16-18-28(34-5,36-25)20-35-37(27(2,3)4,22-12-8-6-9-13-22)23-14-10-7-11-15-23/h6-19,25H,20H2,1-5H3,(H,29,30,32,33)/t25-,28-/m0/s1. The molecule has 8 nitrogen and oxygen atoms in total. The van der Waals surface area contributed by atoms with Crippen LogP contribution < -0.4 is 21.4 Å². The summed E-state index contributed by atoms with van der Waals surface area (Å²) in [4.78, 5) is 27.9. The van der Waals surface area contributed by atoms with Crippen LogP contribution in [0, 0.1) is 0 Å². The molecule has 194 valence electrons. The summed E-state index contributed by atoms with van der Waals surface area (Å²) in [6, 6.07) is 22.2. The fraction of sp³-hybridized carbons (Fsp3) is 0.321. The molecule has 0 saturated heterocycles. The number of methoxy groups -OCH3 is 1. The monoisotopic (exact) mass is 519 g/mol. The van der Waals surface area contributed by atoms with Gasteiger partial charge >= 0.3 is 5.69 Å². The molecule has 1 N–H and O–H groups in total. The largest absolute Gasteiger partial charge is 0.402 e. The van der Waals surface area contributed by atoms with Gasteiger partial charge < -0.3 is 19.2 Å². The number of aromatic nitrogens is 2. The van der Waals surface area contributed by atoms with Crippen molar-refractivity contribution in [3.63, 3.8) is 0 Å². The molecule has 37 heavy (non-hydrogen) atoms. The van der Waals surface area contributed by atoms with E-state index in [2.05, 4.69) is 55.3 Å². The average Bonchev–Trinajstić information content (AvgIpc) is 3.29. The Kier molecular flexibility index (Phi) is 7.61. The minimum absolute atomic E-state index is 0.121. The van der Waals surface area contributed by atoms with Gasteiger partial charge in [-0.15, -0.1) is 0 Å². The van der Waals surface area contributed by atoms with Crippen LogP contribution in [-0.4, -0.2) is 43.3 Å². The number of hydrogen-bond acceptors (Lipinski definition) is 6. The van der Waals surface area contributed by atoms with Gasteiger partial charge in [-0.2, -0.15) is 4.98 Å². The maximum Gasteiger partial charge on any atom is 0.351 e. The summed E-state index contributed by atoms with van der Waals surface area (Å²) in [5, 5.41) is 4.59. The Hall–Kier alpha value is -3.37. The summed E-state index contributed by atoms with van der Waals surface area (Å²) < 4.78 is 20.5. The molecule has 3 aromatic rings. The molecule has 4 rings (SSSR count). The maximum absolute atomic E-state index is 12.6. The van der Waals surface area contributed by atoms with E-state index in [1.165, 1.54) is 17.7 Å². The molecule has 9 heteroatoms. The SMILES string of the molecule is CO[C@@]1(CO[Si](c2ccccc2)(c2ccccc2)C(C)(C)C)C=C[C@@H](n2ccc(NC(C)=O)nc2=O)O1. The first-order valence-corrected chi connectivity index (χ1v) is 14.1. The lowest BCUT2D eigenvalue weighted by molar-refractivity contribution is -0.222. The van der Waals surface area contributed by atoms with Gasteiger partial charge in [0.15, 0.2) is 6.23 Å². The quantitative estimate of drug-likeness (QED) is 0.363. The summed E-state index contributed by atoms with van der Waals surface area (Å²) in [5.74, 6) is -1.32. The minimum Gasteiger partial charge on any atom is -0.402 e. The van der Waals surface area contributed by atoms with Crippen LogP contribution in [0.4, 0.5) is 5.82 Å². The van der Waals surface area contributed by atoms with E-state index in [0.29, 0.717) is 0 Å². The van der Waals surface area contributed by atoms with Crippen LogP contribution in [0.5, 0.6) is 0 Å². The second kappa shape index (κ2) is 10.5. The van der Waals surface area contributed by atoms with Crippen molar-refractivity contribution in [2.45, 2.75) is 44.7 Å². The van der Waals surface area contributed by atoms with E-state index in [1.54, 1.807) is 25.3 Å². The Morgan fingerprint density at radius 3 is 2.16 bits per heavy atom. The number of nitrogens with one attached hydrogen (secondary N) is 1. The Morgan fingerprint density at radius 1 is 1.08 bits per heavy atom. The number of nitrogens with zero attached hydrogens (tertiary/aromatic N) is 2. The van der Waals surface area contributed by atoms with E-state index in [-0.39, 0.29) is 23.4 Å². The van der Waals surface area contributed by atoms with Crippen molar-refractivity contribution in [1.82, 2.24) is 9.55 Å². The maximum atomic E-state index is 12.6. The number of benzene rings is 2. The van der Waals surface area contributed by atoms with Crippen molar-refractivity contribution >= 4 is 30.4 Å². The van der Waals surface area contributed by atoms with Gasteiger partial charge in [-0.05, 0) is 33.6 Å². The van der Waals surface area contributed by atoms with Gasteiger partial charge in [0.05, 0.1) is 6.61 Å². The fourth-order valence-corrected chi connectivity index (χ4v) is 9.32. The molecule has 0 saturated carbocycles. The molecule has 0 aliphatic carbocycles. The van der Waals surface area contributed by atoms with E-state index in [9.17, 15) is 9.59 Å². The lowest BCUT2D eigenvalue weighted by atomic mass is 10.2. The number of anilines is 1. The highest BCUT2D eigenvalue weighted by Gasteiger charge is 2.52. The smallest absolute Gasteiger partial charge is 0.351 e. The Labute approximate surface area is 218 Å². The van der Waals surface area contributed by atoms with Gasteiger partial charge in [-0.3, -0.25) is 9.36 Å². The topological polar surface area (TPSA) is 91.7 Å². The van der Waals surface area contributed by atoms with Gasteiger partial charge in [-0.25, -0.2) is 4.79 Å². The van der Waals surface area contributed by atoms with Crippen LogP contribution in [0.2, 0.25) is 5.04 Å².